The number of nitrogens with one attached hydrogen (secondary N) is 2. The van der Waals surface area contributed by atoms with Gasteiger partial charge in [-0.15, -0.1) is 0 Å². The Kier molecular flexibility index (Phi) is 6.75. The van der Waals surface area contributed by atoms with E-state index in [1.54, 1.807) is 12.1 Å². The lowest BCUT2D eigenvalue weighted by Crippen LogP contribution is -2.32. The van der Waals surface area contributed by atoms with Crippen molar-refractivity contribution in [2.24, 2.45) is 0 Å². The molecule has 0 aromatic heterocycles. The molecule has 2 aromatic rings. The van der Waals surface area contributed by atoms with Gasteiger partial charge in [-0.3, -0.25) is 0 Å². The lowest BCUT2D eigenvalue weighted by atomic mass is 10.3. The zero-order chi connectivity index (χ0) is 16.5. The molecule has 0 unspecified atom stereocenters. The Hall–Kier alpha value is -2.21. The second-order valence-corrected chi connectivity index (χ2v) is 5.47. The molecule has 0 radical (unpaired) electrons. The van der Waals surface area contributed by atoms with Crippen LogP contribution in [0.25, 0.3) is 0 Å². The molecule has 0 saturated heterocycles. The van der Waals surface area contributed by atoms with Gasteiger partial charge in [0.2, 0.25) is 0 Å². The standard InChI is InChI=1S/C17H19BrN2O3/c1-2-22-14-9-7-13(8-10-14)20-17(21)19-11-12-23-16-6-4-3-5-15(16)18/h3-10H,2,11-12H2,1H3,(H2,19,20,21). The van der Waals surface area contributed by atoms with Gasteiger partial charge < -0.3 is 20.1 Å². The highest BCUT2D eigenvalue weighted by Gasteiger charge is 2.03. The molecule has 2 amide bonds. The van der Waals surface area contributed by atoms with E-state index < -0.39 is 0 Å². The monoisotopic (exact) mass is 378 g/mol. The van der Waals surface area contributed by atoms with Gasteiger partial charge in [-0.05, 0) is 59.3 Å². The van der Waals surface area contributed by atoms with Gasteiger partial charge in [0, 0.05) is 5.69 Å². The first-order valence-corrected chi connectivity index (χ1v) is 8.13. The van der Waals surface area contributed by atoms with E-state index in [4.69, 9.17) is 9.47 Å². The third-order valence-electron chi connectivity index (χ3n) is 2.91. The third kappa shape index (κ3) is 5.83. The first-order valence-electron chi connectivity index (χ1n) is 7.34. The molecule has 0 aliphatic rings. The van der Waals surface area contributed by atoms with Crippen molar-refractivity contribution in [1.82, 2.24) is 5.32 Å². The second kappa shape index (κ2) is 9.05. The van der Waals surface area contributed by atoms with Crippen molar-refractivity contribution in [3.05, 3.63) is 53.0 Å². The lowest BCUT2D eigenvalue weighted by molar-refractivity contribution is 0.247. The van der Waals surface area contributed by atoms with Crippen molar-refractivity contribution in [2.45, 2.75) is 6.92 Å². The molecule has 0 fully saturated rings. The maximum Gasteiger partial charge on any atom is 0.319 e. The van der Waals surface area contributed by atoms with Gasteiger partial charge in [0.05, 0.1) is 17.6 Å². The summed E-state index contributed by atoms with van der Waals surface area (Å²) in [7, 11) is 0. The first-order chi connectivity index (χ1) is 11.2. The van der Waals surface area contributed by atoms with Crippen LogP contribution in [0.2, 0.25) is 0 Å². The molecule has 2 aromatic carbocycles. The third-order valence-corrected chi connectivity index (χ3v) is 3.56. The summed E-state index contributed by atoms with van der Waals surface area (Å²) in [5.74, 6) is 1.53. The van der Waals surface area contributed by atoms with Gasteiger partial charge in [-0.2, -0.15) is 0 Å². The zero-order valence-electron chi connectivity index (χ0n) is 12.8. The molecule has 6 heteroatoms. The number of para-hydroxylation sites is 1. The molecule has 2 N–H and O–H groups in total. The molecule has 122 valence electrons. The molecular weight excluding hydrogens is 360 g/mol. The number of urea groups is 1. The minimum Gasteiger partial charge on any atom is -0.494 e. The number of halogens is 1. The van der Waals surface area contributed by atoms with E-state index in [-0.39, 0.29) is 6.03 Å². The van der Waals surface area contributed by atoms with Crippen molar-refractivity contribution in [2.75, 3.05) is 25.1 Å². The SMILES string of the molecule is CCOc1ccc(NC(=O)NCCOc2ccccc2Br)cc1. The molecule has 0 bridgehead atoms. The van der Waals surface area contributed by atoms with E-state index in [0.29, 0.717) is 25.4 Å². The predicted octanol–water partition coefficient (Wildman–Crippen LogP) is 4.05. The summed E-state index contributed by atoms with van der Waals surface area (Å²) in [4.78, 5) is 11.8. The van der Waals surface area contributed by atoms with Gasteiger partial charge >= 0.3 is 6.03 Å². The van der Waals surface area contributed by atoms with Crippen LogP contribution in [0.5, 0.6) is 11.5 Å². The minimum absolute atomic E-state index is 0.273. The Bertz CT molecular complexity index is 632. The number of hydrogen-bond acceptors (Lipinski definition) is 3. The van der Waals surface area contributed by atoms with E-state index in [1.807, 2.05) is 43.3 Å². The Morgan fingerprint density at radius 2 is 1.83 bits per heavy atom. The fourth-order valence-corrected chi connectivity index (χ4v) is 2.26. The summed E-state index contributed by atoms with van der Waals surface area (Å²) in [5, 5.41) is 5.49. The maximum atomic E-state index is 11.8. The summed E-state index contributed by atoms with van der Waals surface area (Å²) in [5.41, 5.74) is 0.706. The van der Waals surface area contributed by atoms with Crippen LogP contribution in [0.3, 0.4) is 0 Å². The van der Waals surface area contributed by atoms with Crippen molar-refractivity contribution in [3.8, 4) is 11.5 Å². The van der Waals surface area contributed by atoms with E-state index in [0.717, 1.165) is 16.0 Å². The van der Waals surface area contributed by atoms with Gasteiger partial charge in [0.25, 0.3) is 0 Å². The lowest BCUT2D eigenvalue weighted by Gasteiger charge is -2.10. The summed E-state index contributed by atoms with van der Waals surface area (Å²) in [6, 6.07) is 14.5. The van der Waals surface area contributed by atoms with Crippen molar-refractivity contribution >= 4 is 27.6 Å². The van der Waals surface area contributed by atoms with Crippen LogP contribution in [0.4, 0.5) is 10.5 Å². The second-order valence-electron chi connectivity index (χ2n) is 4.62. The van der Waals surface area contributed by atoms with Crippen LogP contribution in [-0.4, -0.2) is 25.8 Å². The minimum atomic E-state index is -0.273. The van der Waals surface area contributed by atoms with Crippen LogP contribution < -0.4 is 20.1 Å². The Labute approximate surface area is 144 Å². The van der Waals surface area contributed by atoms with Crippen molar-refractivity contribution in [1.29, 1.82) is 0 Å². The molecule has 23 heavy (non-hydrogen) atoms. The van der Waals surface area contributed by atoms with Crippen molar-refractivity contribution < 1.29 is 14.3 Å². The smallest absolute Gasteiger partial charge is 0.319 e. The zero-order valence-corrected chi connectivity index (χ0v) is 14.4. The van der Waals surface area contributed by atoms with Gasteiger partial charge in [-0.1, -0.05) is 12.1 Å². The van der Waals surface area contributed by atoms with Crippen LogP contribution >= 0.6 is 15.9 Å². The van der Waals surface area contributed by atoms with Crippen LogP contribution in [0, 0.1) is 0 Å². The molecule has 0 heterocycles. The number of ether oxygens (including phenoxy) is 2. The number of carbonyl (C=O) groups is 1. The molecule has 0 aliphatic heterocycles. The Balaban J connectivity index is 1.70. The average Bonchev–Trinajstić information content (AvgIpc) is 2.55. The van der Waals surface area contributed by atoms with Gasteiger partial charge in [0.1, 0.15) is 18.1 Å². The van der Waals surface area contributed by atoms with Crippen LogP contribution in [0.1, 0.15) is 6.92 Å². The summed E-state index contributed by atoms with van der Waals surface area (Å²) >= 11 is 3.40. The normalized spacial score (nSPS) is 10.0. The van der Waals surface area contributed by atoms with Gasteiger partial charge in [0.15, 0.2) is 0 Å². The van der Waals surface area contributed by atoms with E-state index >= 15 is 0 Å². The predicted molar refractivity (Wildman–Crippen MR) is 94.3 cm³/mol. The van der Waals surface area contributed by atoms with Gasteiger partial charge in [-0.25, -0.2) is 4.79 Å². The number of anilines is 1. The largest absolute Gasteiger partial charge is 0.494 e. The number of amides is 2. The first kappa shape index (κ1) is 17.1. The van der Waals surface area contributed by atoms with E-state index in [9.17, 15) is 4.79 Å². The molecule has 0 spiro atoms. The van der Waals surface area contributed by atoms with Crippen molar-refractivity contribution in [3.63, 3.8) is 0 Å². The number of rotatable bonds is 7. The number of benzene rings is 2. The van der Waals surface area contributed by atoms with E-state index in [2.05, 4.69) is 26.6 Å². The summed E-state index contributed by atoms with van der Waals surface area (Å²) in [6.45, 7) is 3.34. The highest BCUT2D eigenvalue weighted by atomic mass is 79.9. The molecule has 0 aliphatic carbocycles. The molecule has 0 saturated carbocycles. The quantitative estimate of drug-likeness (QED) is 0.714. The number of carbonyl (C=O) groups excluding carboxylic acids is 1. The molecule has 2 rings (SSSR count). The Morgan fingerprint density at radius 3 is 2.52 bits per heavy atom. The Morgan fingerprint density at radius 1 is 1.09 bits per heavy atom. The maximum absolute atomic E-state index is 11.8. The molecule has 5 nitrogen and oxygen atoms in total. The summed E-state index contributed by atoms with van der Waals surface area (Å²) < 4.78 is 11.8. The highest BCUT2D eigenvalue weighted by Crippen LogP contribution is 2.23. The molecular formula is C17H19BrN2O3. The summed E-state index contributed by atoms with van der Waals surface area (Å²) in [6.07, 6.45) is 0. The average molecular weight is 379 g/mol. The van der Waals surface area contributed by atoms with E-state index in [1.165, 1.54) is 0 Å². The topological polar surface area (TPSA) is 59.6 Å². The van der Waals surface area contributed by atoms with Crippen LogP contribution in [-0.2, 0) is 0 Å². The van der Waals surface area contributed by atoms with Crippen LogP contribution in [0.15, 0.2) is 53.0 Å². The fraction of sp³-hybridized carbons (Fsp3) is 0.235. The highest BCUT2D eigenvalue weighted by molar-refractivity contribution is 9.10. The molecule has 0 atom stereocenters. The fourth-order valence-electron chi connectivity index (χ4n) is 1.86. The number of hydrogen-bond donors (Lipinski definition) is 2.